The summed E-state index contributed by atoms with van der Waals surface area (Å²) in [4.78, 5) is 10.8. The highest BCUT2D eigenvalue weighted by molar-refractivity contribution is 5.88. The number of halogens is 4. The Bertz CT molecular complexity index is 583. The minimum Gasteiger partial charge on any atom is -0.478 e. The van der Waals surface area contributed by atoms with Gasteiger partial charge in [-0.2, -0.15) is 18.3 Å². The minimum atomic E-state index is -4.69. The Labute approximate surface area is 163 Å². The molecule has 1 aromatic heterocycles. The molecule has 0 spiro atoms. The maximum Gasteiger partial charge on any atom is 0.433 e. The zero-order chi connectivity index (χ0) is 19.2. The fourth-order valence-electron chi connectivity index (χ4n) is 3.67. The SMILES string of the molecule is Cl.NNC1CCCCC1.O=C(O)c1cnn(C2CCCCC2)c1C(F)(F)F. The molecule has 2 aliphatic rings. The summed E-state index contributed by atoms with van der Waals surface area (Å²) < 4.78 is 39.6. The topological polar surface area (TPSA) is 93.2 Å². The molecule has 0 saturated heterocycles. The van der Waals surface area contributed by atoms with Crippen molar-refractivity contribution >= 4 is 18.4 Å². The Balaban J connectivity index is 0.000000342. The van der Waals surface area contributed by atoms with Crippen LogP contribution in [0.1, 0.15) is 86.3 Å². The summed E-state index contributed by atoms with van der Waals surface area (Å²) in [6, 6.07) is 0.271. The molecular formula is C17H28ClF3N4O2. The average molecular weight is 413 g/mol. The fourth-order valence-corrected chi connectivity index (χ4v) is 3.67. The van der Waals surface area contributed by atoms with Gasteiger partial charge in [0.15, 0.2) is 5.69 Å². The summed E-state index contributed by atoms with van der Waals surface area (Å²) >= 11 is 0. The summed E-state index contributed by atoms with van der Waals surface area (Å²) in [6.07, 6.45) is 6.70. The first-order valence-electron chi connectivity index (χ1n) is 9.18. The smallest absolute Gasteiger partial charge is 0.433 e. The van der Waals surface area contributed by atoms with Gasteiger partial charge < -0.3 is 5.11 Å². The first-order chi connectivity index (χ1) is 12.3. The first-order valence-corrected chi connectivity index (χ1v) is 9.18. The molecule has 2 aliphatic carbocycles. The number of hydrazine groups is 1. The van der Waals surface area contributed by atoms with Crippen LogP contribution in [0.25, 0.3) is 0 Å². The molecule has 1 aromatic rings. The van der Waals surface area contributed by atoms with Crippen molar-refractivity contribution < 1.29 is 23.1 Å². The Morgan fingerprint density at radius 3 is 2.04 bits per heavy atom. The number of nitrogens with two attached hydrogens (primary N) is 1. The van der Waals surface area contributed by atoms with Crippen molar-refractivity contribution in [2.24, 2.45) is 5.84 Å². The van der Waals surface area contributed by atoms with Gasteiger partial charge in [-0.25, -0.2) is 4.79 Å². The van der Waals surface area contributed by atoms with Crippen molar-refractivity contribution in [1.29, 1.82) is 0 Å². The van der Waals surface area contributed by atoms with Crippen LogP contribution in [0.2, 0.25) is 0 Å². The predicted octanol–water partition coefficient (Wildman–Crippen LogP) is 4.31. The van der Waals surface area contributed by atoms with E-state index in [4.69, 9.17) is 10.9 Å². The fraction of sp³-hybridized carbons (Fsp3) is 0.765. The van der Waals surface area contributed by atoms with Crippen molar-refractivity contribution in [2.75, 3.05) is 0 Å². The average Bonchev–Trinajstić information content (AvgIpc) is 3.10. The summed E-state index contributed by atoms with van der Waals surface area (Å²) in [5.74, 6) is 3.66. The van der Waals surface area contributed by atoms with Gasteiger partial charge in [0, 0.05) is 6.04 Å². The number of aromatic nitrogens is 2. The van der Waals surface area contributed by atoms with Crippen molar-refractivity contribution in [1.82, 2.24) is 15.2 Å². The largest absolute Gasteiger partial charge is 0.478 e. The maximum atomic E-state index is 12.9. The Morgan fingerprint density at radius 2 is 1.63 bits per heavy atom. The number of aromatic carboxylic acids is 1. The molecule has 0 unspecified atom stereocenters. The molecule has 156 valence electrons. The zero-order valence-electron chi connectivity index (χ0n) is 15.2. The molecule has 3 rings (SSSR count). The number of carboxylic acid groups (broad SMARTS) is 1. The van der Waals surface area contributed by atoms with Crippen LogP contribution in [0, 0.1) is 0 Å². The summed E-state index contributed by atoms with van der Waals surface area (Å²) in [7, 11) is 0. The van der Waals surface area contributed by atoms with Crippen LogP contribution in [-0.4, -0.2) is 26.9 Å². The highest BCUT2D eigenvalue weighted by Crippen LogP contribution is 2.37. The van der Waals surface area contributed by atoms with Gasteiger partial charge >= 0.3 is 12.1 Å². The molecule has 0 bridgehead atoms. The van der Waals surface area contributed by atoms with Gasteiger partial charge in [-0.15, -0.1) is 12.4 Å². The quantitative estimate of drug-likeness (QED) is 0.508. The lowest BCUT2D eigenvalue weighted by Crippen LogP contribution is -2.36. The van der Waals surface area contributed by atoms with Gasteiger partial charge in [-0.1, -0.05) is 38.5 Å². The number of hydrogen-bond donors (Lipinski definition) is 3. The number of nitrogens with zero attached hydrogens (tertiary/aromatic N) is 2. The van der Waals surface area contributed by atoms with Crippen molar-refractivity contribution in [3.05, 3.63) is 17.5 Å². The van der Waals surface area contributed by atoms with Crippen LogP contribution in [0.5, 0.6) is 0 Å². The monoisotopic (exact) mass is 412 g/mol. The minimum absolute atomic E-state index is 0. The van der Waals surface area contributed by atoms with E-state index in [2.05, 4.69) is 10.5 Å². The van der Waals surface area contributed by atoms with Gasteiger partial charge in [0.25, 0.3) is 0 Å². The lowest BCUT2D eigenvalue weighted by atomic mass is 9.95. The Hall–Kier alpha value is -1.32. The molecule has 10 heteroatoms. The summed E-state index contributed by atoms with van der Waals surface area (Å²) in [5, 5.41) is 12.4. The third-order valence-electron chi connectivity index (χ3n) is 5.06. The molecule has 6 nitrogen and oxygen atoms in total. The van der Waals surface area contributed by atoms with Crippen LogP contribution in [0.15, 0.2) is 6.20 Å². The highest BCUT2D eigenvalue weighted by Gasteiger charge is 2.41. The van der Waals surface area contributed by atoms with E-state index >= 15 is 0 Å². The molecule has 2 saturated carbocycles. The van der Waals surface area contributed by atoms with E-state index in [1.165, 1.54) is 32.1 Å². The van der Waals surface area contributed by atoms with E-state index < -0.39 is 23.4 Å². The van der Waals surface area contributed by atoms with Gasteiger partial charge in [-0.3, -0.25) is 16.0 Å². The molecule has 0 aromatic carbocycles. The van der Waals surface area contributed by atoms with Crippen molar-refractivity contribution in [3.8, 4) is 0 Å². The third kappa shape index (κ3) is 6.65. The molecule has 1 heterocycles. The number of alkyl halides is 3. The molecule has 4 N–H and O–H groups in total. The van der Waals surface area contributed by atoms with Crippen LogP contribution >= 0.6 is 12.4 Å². The Kier molecular flexibility index (Phi) is 9.55. The highest BCUT2D eigenvalue weighted by atomic mass is 35.5. The van der Waals surface area contributed by atoms with Crippen LogP contribution < -0.4 is 11.3 Å². The standard InChI is InChI=1S/C11H13F3N2O2.C6H14N2.ClH/c12-11(13,14)9-8(10(17)18)6-15-16(9)7-4-2-1-3-5-7;7-8-6-4-2-1-3-5-6;/h6-7H,1-5H2,(H,17,18);6,8H,1-5,7H2;1H. The van der Waals surface area contributed by atoms with E-state index in [0.29, 0.717) is 18.9 Å². The van der Waals surface area contributed by atoms with Gasteiger partial charge in [0.1, 0.15) is 5.56 Å². The van der Waals surface area contributed by atoms with Gasteiger partial charge in [0.2, 0.25) is 0 Å². The van der Waals surface area contributed by atoms with Crippen molar-refractivity contribution in [2.45, 2.75) is 82.5 Å². The number of nitrogens with one attached hydrogen (secondary N) is 1. The van der Waals surface area contributed by atoms with Crippen LogP contribution in [-0.2, 0) is 6.18 Å². The van der Waals surface area contributed by atoms with Gasteiger partial charge in [-0.05, 0) is 25.7 Å². The van der Waals surface area contributed by atoms with E-state index in [0.717, 1.165) is 30.1 Å². The zero-order valence-corrected chi connectivity index (χ0v) is 16.0. The molecular weight excluding hydrogens is 385 g/mol. The van der Waals surface area contributed by atoms with E-state index in [1.807, 2.05) is 0 Å². The van der Waals surface area contributed by atoms with Gasteiger partial charge in [0.05, 0.1) is 12.2 Å². The summed E-state index contributed by atoms with van der Waals surface area (Å²) in [5.41, 5.74) is 0.896. The second kappa shape index (κ2) is 10.9. The molecule has 27 heavy (non-hydrogen) atoms. The van der Waals surface area contributed by atoms with E-state index in [1.54, 1.807) is 0 Å². The van der Waals surface area contributed by atoms with E-state index in [9.17, 15) is 18.0 Å². The first kappa shape index (κ1) is 23.7. The maximum absolute atomic E-state index is 12.9. The van der Waals surface area contributed by atoms with Crippen molar-refractivity contribution in [3.63, 3.8) is 0 Å². The number of rotatable bonds is 3. The summed E-state index contributed by atoms with van der Waals surface area (Å²) in [6.45, 7) is 0. The lowest BCUT2D eigenvalue weighted by molar-refractivity contribution is -0.145. The van der Waals surface area contributed by atoms with Crippen LogP contribution in [0.3, 0.4) is 0 Å². The number of carboxylic acids is 1. The molecule has 0 radical (unpaired) electrons. The molecule has 0 atom stereocenters. The number of hydrogen-bond acceptors (Lipinski definition) is 4. The second-order valence-electron chi connectivity index (χ2n) is 6.95. The van der Waals surface area contributed by atoms with E-state index in [-0.39, 0.29) is 18.4 Å². The van der Waals surface area contributed by atoms with Crippen LogP contribution in [0.4, 0.5) is 13.2 Å². The lowest BCUT2D eigenvalue weighted by Gasteiger charge is -2.24. The number of carbonyl (C=O) groups is 1. The Morgan fingerprint density at radius 1 is 1.11 bits per heavy atom. The molecule has 0 aliphatic heterocycles. The molecule has 2 fully saturated rings. The third-order valence-corrected chi connectivity index (χ3v) is 5.06. The molecule has 0 amide bonds. The predicted molar refractivity (Wildman–Crippen MR) is 97.8 cm³/mol. The second-order valence-corrected chi connectivity index (χ2v) is 6.95. The normalized spacial score (nSPS) is 19.0.